The first kappa shape index (κ1) is 12.6. The van der Waals surface area contributed by atoms with Crippen LogP contribution in [0.15, 0.2) is 12.3 Å². The number of nitrogens with zero attached hydrogens (tertiary/aromatic N) is 2. The van der Waals surface area contributed by atoms with Gasteiger partial charge < -0.3 is 10.1 Å². The van der Waals surface area contributed by atoms with E-state index >= 15 is 0 Å². The van der Waals surface area contributed by atoms with Gasteiger partial charge in [-0.25, -0.2) is 0 Å². The summed E-state index contributed by atoms with van der Waals surface area (Å²) in [4.78, 5) is 0. The highest BCUT2D eigenvalue weighted by atomic mass is 16.5. The Morgan fingerprint density at radius 3 is 2.94 bits per heavy atom. The van der Waals surface area contributed by atoms with E-state index in [-0.39, 0.29) is 0 Å². The van der Waals surface area contributed by atoms with Gasteiger partial charge in [0.05, 0.1) is 13.2 Å². The summed E-state index contributed by atoms with van der Waals surface area (Å²) >= 11 is 0. The molecule has 2 unspecified atom stereocenters. The zero-order chi connectivity index (χ0) is 12.3. The van der Waals surface area contributed by atoms with Crippen molar-refractivity contribution >= 4 is 0 Å². The molecule has 0 bridgehead atoms. The molecule has 96 valence electrons. The molecular formula is C13H23N3O. The average Bonchev–Trinajstić information content (AvgIpc) is 3.01. The van der Waals surface area contributed by atoms with Crippen molar-refractivity contribution in [3.8, 4) is 0 Å². The van der Waals surface area contributed by atoms with E-state index in [0.29, 0.717) is 18.6 Å². The Hall–Kier alpha value is -0.870. The van der Waals surface area contributed by atoms with Crippen molar-refractivity contribution in [1.29, 1.82) is 0 Å². The van der Waals surface area contributed by atoms with Gasteiger partial charge in [-0.3, -0.25) is 4.68 Å². The summed E-state index contributed by atoms with van der Waals surface area (Å²) in [6, 6.07) is 3.37. The van der Waals surface area contributed by atoms with Crippen molar-refractivity contribution in [2.24, 2.45) is 0 Å². The van der Waals surface area contributed by atoms with Crippen LogP contribution in [0.25, 0.3) is 0 Å². The fraction of sp³-hybridized carbons (Fsp3) is 0.769. The van der Waals surface area contributed by atoms with Crippen molar-refractivity contribution in [1.82, 2.24) is 15.1 Å². The molecule has 1 aromatic heterocycles. The van der Waals surface area contributed by atoms with Crippen LogP contribution in [0.5, 0.6) is 0 Å². The fourth-order valence-electron chi connectivity index (χ4n) is 2.12. The molecule has 2 rings (SSSR count). The number of ether oxygens (including phenoxy) is 1. The summed E-state index contributed by atoms with van der Waals surface area (Å²) in [6.45, 7) is 6.07. The molecule has 2 atom stereocenters. The van der Waals surface area contributed by atoms with E-state index in [9.17, 15) is 0 Å². The molecular weight excluding hydrogens is 214 g/mol. The Morgan fingerprint density at radius 2 is 2.29 bits per heavy atom. The van der Waals surface area contributed by atoms with Gasteiger partial charge in [-0.2, -0.15) is 5.10 Å². The summed E-state index contributed by atoms with van der Waals surface area (Å²) in [6.07, 6.45) is 4.55. The highest BCUT2D eigenvalue weighted by molar-refractivity contribution is 5.10. The van der Waals surface area contributed by atoms with Crippen LogP contribution in [0.1, 0.15) is 38.3 Å². The molecule has 4 heteroatoms. The van der Waals surface area contributed by atoms with Crippen LogP contribution in [-0.2, 0) is 11.3 Å². The van der Waals surface area contributed by atoms with Gasteiger partial charge in [0.15, 0.2) is 0 Å². The monoisotopic (exact) mass is 237 g/mol. The first-order valence-corrected chi connectivity index (χ1v) is 6.49. The summed E-state index contributed by atoms with van der Waals surface area (Å²) in [5.74, 6) is 0.481. The second-order valence-electron chi connectivity index (χ2n) is 4.99. The third-order valence-electron chi connectivity index (χ3n) is 3.55. The Morgan fingerprint density at radius 1 is 1.53 bits per heavy atom. The molecule has 1 N–H and O–H groups in total. The molecule has 1 aromatic rings. The van der Waals surface area contributed by atoms with Gasteiger partial charge in [0.25, 0.3) is 0 Å². The van der Waals surface area contributed by atoms with Crippen LogP contribution in [-0.4, -0.2) is 35.6 Å². The molecule has 0 aliphatic heterocycles. The zero-order valence-corrected chi connectivity index (χ0v) is 11.0. The Labute approximate surface area is 103 Å². The Balaban J connectivity index is 1.96. The summed E-state index contributed by atoms with van der Waals surface area (Å²) in [5.41, 5.74) is 1.29. The van der Waals surface area contributed by atoms with E-state index in [4.69, 9.17) is 4.74 Å². The smallest absolute Gasteiger partial charge is 0.0658 e. The van der Waals surface area contributed by atoms with Gasteiger partial charge in [-0.05, 0) is 25.8 Å². The third-order valence-corrected chi connectivity index (χ3v) is 3.55. The lowest BCUT2D eigenvalue weighted by Crippen LogP contribution is -2.33. The first-order valence-electron chi connectivity index (χ1n) is 6.49. The number of rotatable bonds is 7. The van der Waals surface area contributed by atoms with Gasteiger partial charge >= 0.3 is 0 Å². The minimum absolute atomic E-state index is 0.481. The van der Waals surface area contributed by atoms with E-state index in [1.807, 2.05) is 6.20 Å². The van der Waals surface area contributed by atoms with Crippen LogP contribution >= 0.6 is 0 Å². The maximum Gasteiger partial charge on any atom is 0.0658 e. The van der Waals surface area contributed by atoms with Crippen molar-refractivity contribution in [3.05, 3.63) is 18.0 Å². The quantitative estimate of drug-likeness (QED) is 0.785. The highest BCUT2D eigenvalue weighted by Crippen LogP contribution is 2.24. The predicted octanol–water partition coefficient (Wildman–Crippen LogP) is 1.77. The summed E-state index contributed by atoms with van der Waals surface area (Å²) in [5, 5.41) is 8.01. The normalized spacial score (nSPS) is 19.2. The van der Waals surface area contributed by atoms with E-state index in [2.05, 4.69) is 35.0 Å². The Kier molecular flexibility index (Phi) is 4.18. The molecule has 4 nitrogen and oxygen atoms in total. The lowest BCUT2D eigenvalue weighted by atomic mass is 9.99. The molecule has 0 aromatic carbocycles. The lowest BCUT2D eigenvalue weighted by Gasteiger charge is -2.22. The first-order chi connectivity index (χ1) is 8.22. The van der Waals surface area contributed by atoms with Crippen molar-refractivity contribution in [2.75, 3.05) is 13.7 Å². The van der Waals surface area contributed by atoms with Gasteiger partial charge in [0, 0.05) is 37.0 Å². The number of nitrogens with one attached hydrogen (secondary N) is 1. The standard InChI is InChI=1S/C13H23N3O/c1-10(11(2)15-12-4-5-12)13-6-7-14-16(13)8-9-17-3/h6-7,10-12,15H,4-5,8-9H2,1-3H3. The van der Waals surface area contributed by atoms with E-state index < -0.39 is 0 Å². The van der Waals surface area contributed by atoms with Crippen LogP contribution in [0.3, 0.4) is 0 Å². The maximum atomic E-state index is 5.11. The molecule has 0 saturated heterocycles. The summed E-state index contributed by atoms with van der Waals surface area (Å²) in [7, 11) is 1.73. The van der Waals surface area contributed by atoms with Gasteiger partial charge in [-0.1, -0.05) is 6.92 Å². The van der Waals surface area contributed by atoms with E-state index in [1.54, 1.807) is 7.11 Å². The molecule has 1 heterocycles. The van der Waals surface area contributed by atoms with E-state index in [0.717, 1.165) is 12.6 Å². The van der Waals surface area contributed by atoms with Crippen LogP contribution in [0.4, 0.5) is 0 Å². The predicted molar refractivity (Wildman–Crippen MR) is 68.1 cm³/mol. The van der Waals surface area contributed by atoms with Crippen molar-refractivity contribution in [2.45, 2.75) is 51.2 Å². The Bertz CT molecular complexity index is 346. The fourth-order valence-corrected chi connectivity index (χ4v) is 2.12. The van der Waals surface area contributed by atoms with Crippen LogP contribution in [0.2, 0.25) is 0 Å². The minimum atomic E-state index is 0.481. The molecule has 1 aliphatic rings. The second kappa shape index (κ2) is 5.65. The van der Waals surface area contributed by atoms with Gasteiger partial charge in [-0.15, -0.1) is 0 Å². The SMILES string of the molecule is COCCn1nccc1C(C)C(C)NC1CC1. The molecule has 0 radical (unpaired) electrons. The molecule has 1 saturated carbocycles. The molecule has 0 spiro atoms. The largest absolute Gasteiger partial charge is 0.383 e. The molecule has 0 amide bonds. The lowest BCUT2D eigenvalue weighted by molar-refractivity contribution is 0.181. The van der Waals surface area contributed by atoms with Crippen LogP contribution < -0.4 is 5.32 Å². The molecule has 17 heavy (non-hydrogen) atoms. The topological polar surface area (TPSA) is 39.1 Å². The summed E-state index contributed by atoms with van der Waals surface area (Å²) < 4.78 is 7.16. The number of aromatic nitrogens is 2. The van der Waals surface area contributed by atoms with Crippen LogP contribution in [0, 0.1) is 0 Å². The van der Waals surface area contributed by atoms with Gasteiger partial charge in [0.1, 0.15) is 0 Å². The highest BCUT2D eigenvalue weighted by Gasteiger charge is 2.26. The minimum Gasteiger partial charge on any atom is -0.383 e. The average molecular weight is 237 g/mol. The number of hydrogen-bond acceptors (Lipinski definition) is 3. The number of hydrogen-bond donors (Lipinski definition) is 1. The number of methoxy groups -OCH3 is 1. The van der Waals surface area contributed by atoms with Crippen molar-refractivity contribution < 1.29 is 4.74 Å². The molecule has 1 aliphatic carbocycles. The third kappa shape index (κ3) is 3.30. The zero-order valence-electron chi connectivity index (χ0n) is 11.0. The van der Waals surface area contributed by atoms with E-state index in [1.165, 1.54) is 18.5 Å². The molecule has 1 fully saturated rings. The van der Waals surface area contributed by atoms with Gasteiger partial charge in [0.2, 0.25) is 0 Å². The maximum absolute atomic E-state index is 5.11. The second-order valence-corrected chi connectivity index (χ2v) is 4.99. The van der Waals surface area contributed by atoms with Crippen molar-refractivity contribution in [3.63, 3.8) is 0 Å².